The summed E-state index contributed by atoms with van der Waals surface area (Å²) in [6.07, 6.45) is 5.98. The quantitative estimate of drug-likeness (QED) is 0.310. The van der Waals surface area contributed by atoms with E-state index in [0.717, 1.165) is 12.4 Å². The summed E-state index contributed by atoms with van der Waals surface area (Å²) >= 11 is 0. The number of halogens is 1. The van der Waals surface area contributed by atoms with E-state index in [4.69, 9.17) is 6.42 Å². The zero-order chi connectivity index (χ0) is 8.81. The van der Waals surface area contributed by atoms with Crippen molar-refractivity contribution in [2.24, 2.45) is 0 Å². The molecule has 0 unspecified atom stereocenters. The van der Waals surface area contributed by atoms with Gasteiger partial charge in [0.2, 0.25) is 5.95 Å². The van der Waals surface area contributed by atoms with Crippen LogP contribution in [0.4, 0.5) is 10.2 Å². The van der Waals surface area contributed by atoms with Gasteiger partial charge in [-0.25, -0.2) is 15.4 Å². The Morgan fingerprint density at radius 2 is 2.50 bits per heavy atom. The van der Waals surface area contributed by atoms with Crippen LogP contribution in [0, 0.1) is 18.3 Å². The first-order valence-electron chi connectivity index (χ1n) is 3.11. The molecular weight excluding hydrogens is 161 g/mol. The smallest absolute Gasteiger partial charge is 0.218 e. The number of terminal acetylenes is 1. The summed E-state index contributed by atoms with van der Waals surface area (Å²) in [6, 6.07) is 1.09. The van der Waals surface area contributed by atoms with Crippen LogP contribution in [0.5, 0.6) is 0 Å². The minimum Gasteiger partial charge on any atom is -0.262 e. The first-order chi connectivity index (χ1) is 5.83. The van der Waals surface area contributed by atoms with Crippen LogP contribution in [0.2, 0.25) is 0 Å². The number of hydrogen-bond donors (Lipinski definition) is 1. The molecule has 0 saturated heterocycles. The van der Waals surface area contributed by atoms with Gasteiger partial charge in [0.1, 0.15) is 12.9 Å². The summed E-state index contributed by atoms with van der Waals surface area (Å²) in [4.78, 5) is 11.6. The zero-order valence-electron chi connectivity index (χ0n) is 6.12. The lowest BCUT2D eigenvalue weighted by molar-refractivity contribution is 0.232. The van der Waals surface area contributed by atoms with Gasteiger partial charge in [0, 0.05) is 6.07 Å². The third-order valence-electron chi connectivity index (χ3n) is 0.966. The van der Waals surface area contributed by atoms with Crippen molar-refractivity contribution in [1.29, 1.82) is 0 Å². The Morgan fingerprint density at radius 3 is 3.17 bits per heavy atom. The summed E-state index contributed by atoms with van der Waals surface area (Å²) in [5.41, 5.74) is 2.35. The van der Waals surface area contributed by atoms with Crippen molar-refractivity contribution >= 4 is 5.82 Å². The topological polar surface area (TPSA) is 47.0 Å². The molecule has 0 aliphatic heterocycles. The van der Waals surface area contributed by atoms with Crippen LogP contribution in [0.15, 0.2) is 12.4 Å². The lowest BCUT2D eigenvalue weighted by Crippen LogP contribution is -2.03. The molecule has 12 heavy (non-hydrogen) atoms. The van der Waals surface area contributed by atoms with Crippen molar-refractivity contribution < 1.29 is 9.23 Å². The first-order valence-corrected chi connectivity index (χ1v) is 3.11. The van der Waals surface area contributed by atoms with Gasteiger partial charge in [-0.3, -0.25) is 4.84 Å². The number of aromatic nitrogens is 2. The second-order valence-electron chi connectivity index (χ2n) is 1.82. The van der Waals surface area contributed by atoms with Crippen molar-refractivity contribution in [3.63, 3.8) is 0 Å². The minimum atomic E-state index is -0.628. The van der Waals surface area contributed by atoms with Gasteiger partial charge in [-0.15, -0.1) is 6.42 Å². The zero-order valence-corrected chi connectivity index (χ0v) is 6.12. The van der Waals surface area contributed by atoms with Gasteiger partial charge in [0.15, 0.2) is 5.82 Å². The van der Waals surface area contributed by atoms with Gasteiger partial charge >= 0.3 is 0 Å². The Kier molecular flexibility index (Phi) is 2.99. The highest BCUT2D eigenvalue weighted by atomic mass is 19.1. The van der Waals surface area contributed by atoms with Crippen LogP contribution < -0.4 is 5.48 Å². The summed E-state index contributed by atoms with van der Waals surface area (Å²) in [5, 5.41) is 0. The molecule has 4 nitrogen and oxygen atoms in total. The van der Waals surface area contributed by atoms with E-state index < -0.39 is 5.95 Å². The number of nitrogens with one attached hydrogen (secondary N) is 1. The van der Waals surface area contributed by atoms with Gasteiger partial charge in [0.05, 0.1) is 0 Å². The van der Waals surface area contributed by atoms with Gasteiger partial charge in [-0.1, -0.05) is 5.92 Å². The fourth-order valence-corrected chi connectivity index (χ4v) is 0.541. The van der Waals surface area contributed by atoms with E-state index in [-0.39, 0.29) is 12.4 Å². The van der Waals surface area contributed by atoms with E-state index >= 15 is 0 Å². The molecule has 0 aliphatic carbocycles. The van der Waals surface area contributed by atoms with E-state index in [1.807, 2.05) is 0 Å². The molecule has 0 aliphatic rings. The molecular formula is C7H6FN3O. The molecule has 0 radical (unpaired) electrons. The Morgan fingerprint density at radius 1 is 1.67 bits per heavy atom. The molecule has 0 fully saturated rings. The maximum atomic E-state index is 12.4. The third-order valence-corrected chi connectivity index (χ3v) is 0.966. The molecule has 1 rings (SSSR count). The summed E-state index contributed by atoms with van der Waals surface area (Å²) < 4.78 is 12.4. The SMILES string of the molecule is C#CCONc1cc(F)ncn1. The molecule has 1 aromatic rings. The molecule has 0 atom stereocenters. The maximum absolute atomic E-state index is 12.4. The molecule has 0 bridgehead atoms. The fourth-order valence-electron chi connectivity index (χ4n) is 0.541. The largest absolute Gasteiger partial charge is 0.262 e. The van der Waals surface area contributed by atoms with Gasteiger partial charge in [-0.05, 0) is 0 Å². The summed E-state index contributed by atoms with van der Waals surface area (Å²) in [7, 11) is 0. The highest BCUT2D eigenvalue weighted by molar-refractivity contribution is 5.28. The molecule has 1 heterocycles. The molecule has 0 aromatic carbocycles. The minimum absolute atomic E-state index is 0.0889. The molecule has 0 spiro atoms. The second kappa shape index (κ2) is 4.26. The third kappa shape index (κ3) is 2.52. The van der Waals surface area contributed by atoms with Crippen LogP contribution in [0.1, 0.15) is 0 Å². The lowest BCUT2D eigenvalue weighted by Gasteiger charge is -2.01. The molecule has 1 N–H and O–H groups in total. The number of anilines is 1. The number of nitrogens with zero attached hydrogens (tertiary/aromatic N) is 2. The predicted octanol–water partition coefficient (Wildman–Crippen LogP) is 0.592. The molecule has 62 valence electrons. The maximum Gasteiger partial charge on any atom is 0.218 e. The van der Waals surface area contributed by atoms with Crippen molar-refractivity contribution in [3.05, 3.63) is 18.3 Å². The number of hydrogen-bond acceptors (Lipinski definition) is 4. The normalized spacial score (nSPS) is 9.00. The van der Waals surface area contributed by atoms with Gasteiger partial charge in [-0.2, -0.15) is 4.39 Å². The van der Waals surface area contributed by atoms with E-state index in [1.54, 1.807) is 0 Å². The van der Waals surface area contributed by atoms with Crippen molar-refractivity contribution in [1.82, 2.24) is 9.97 Å². The summed E-state index contributed by atoms with van der Waals surface area (Å²) in [5.74, 6) is 1.84. The van der Waals surface area contributed by atoms with Crippen molar-refractivity contribution in [2.75, 3.05) is 12.1 Å². The van der Waals surface area contributed by atoms with E-state index in [9.17, 15) is 4.39 Å². The molecule has 1 aromatic heterocycles. The average Bonchev–Trinajstić information content (AvgIpc) is 2.05. The monoisotopic (exact) mass is 167 g/mol. The van der Waals surface area contributed by atoms with E-state index in [2.05, 4.69) is 26.2 Å². The van der Waals surface area contributed by atoms with Gasteiger partial charge in [0.25, 0.3) is 0 Å². The van der Waals surface area contributed by atoms with Gasteiger partial charge < -0.3 is 0 Å². The Bertz CT molecular complexity index is 297. The highest BCUT2D eigenvalue weighted by Crippen LogP contribution is 2.01. The van der Waals surface area contributed by atoms with Crippen LogP contribution in [0.3, 0.4) is 0 Å². The Labute approximate surface area is 68.7 Å². The van der Waals surface area contributed by atoms with Crippen LogP contribution in [-0.4, -0.2) is 16.6 Å². The number of rotatable bonds is 3. The molecule has 0 saturated carbocycles. The standard InChI is InChI=1S/C7H6FN3O/c1-2-3-12-11-7-4-6(8)9-5-10-7/h1,4-5H,3H2,(H,9,10,11). The predicted molar refractivity (Wildman–Crippen MR) is 40.4 cm³/mol. The summed E-state index contributed by atoms with van der Waals surface area (Å²) in [6.45, 7) is 0.0889. The van der Waals surface area contributed by atoms with Crippen LogP contribution in [-0.2, 0) is 4.84 Å². The highest BCUT2D eigenvalue weighted by Gasteiger charge is 1.94. The molecule has 5 heteroatoms. The molecule has 0 amide bonds. The van der Waals surface area contributed by atoms with Crippen molar-refractivity contribution in [3.8, 4) is 12.3 Å². The van der Waals surface area contributed by atoms with Crippen LogP contribution >= 0.6 is 0 Å². The van der Waals surface area contributed by atoms with E-state index in [1.165, 1.54) is 0 Å². The lowest BCUT2D eigenvalue weighted by atomic mass is 10.6. The fraction of sp³-hybridized carbons (Fsp3) is 0.143. The Hall–Kier alpha value is -1.67. The first kappa shape index (κ1) is 8.43. The second-order valence-corrected chi connectivity index (χ2v) is 1.82. The van der Waals surface area contributed by atoms with Crippen molar-refractivity contribution in [2.45, 2.75) is 0 Å². The van der Waals surface area contributed by atoms with E-state index in [0.29, 0.717) is 0 Å². The Balaban J connectivity index is 2.48. The average molecular weight is 167 g/mol. The van der Waals surface area contributed by atoms with Crippen LogP contribution in [0.25, 0.3) is 0 Å².